The summed E-state index contributed by atoms with van der Waals surface area (Å²) in [5.41, 5.74) is 3.12. The Morgan fingerprint density at radius 3 is 1.90 bits per heavy atom. The van der Waals surface area contributed by atoms with Crippen LogP contribution in [0.15, 0.2) is 11.0 Å². The number of rotatable bonds is 5. The Hall–Kier alpha value is -1.40. The smallest absolute Gasteiger partial charge is 0.318 e. The normalized spacial score (nSPS) is 12.2. The fourth-order valence-electron chi connectivity index (χ4n) is 2.36. The van der Waals surface area contributed by atoms with E-state index in [1.165, 1.54) is 0 Å². The molecular weight excluding hydrogens is 290 g/mol. The minimum Gasteiger partial charge on any atom is -0.480 e. The Morgan fingerprint density at radius 1 is 1.14 bits per heavy atom. The molecule has 0 radical (unpaired) electrons. The molecule has 0 spiro atoms. The first kappa shape index (κ1) is 17.7. The summed E-state index contributed by atoms with van der Waals surface area (Å²) in [6.45, 7) is 10.0. The van der Waals surface area contributed by atoms with Crippen molar-refractivity contribution in [2.45, 2.75) is 52.5 Å². The van der Waals surface area contributed by atoms with E-state index in [4.69, 9.17) is 5.11 Å². The molecule has 118 valence electrons. The zero-order chi connectivity index (χ0) is 16.5. The molecule has 0 amide bonds. The van der Waals surface area contributed by atoms with E-state index >= 15 is 0 Å². The van der Waals surface area contributed by atoms with Crippen molar-refractivity contribution in [3.05, 3.63) is 28.3 Å². The monoisotopic (exact) mass is 313 g/mol. The summed E-state index contributed by atoms with van der Waals surface area (Å²) in [6.07, 6.45) is 0. The first-order valence-electron chi connectivity index (χ1n) is 6.81. The van der Waals surface area contributed by atoms with E-state index < -0.39 is 28.6 Å². The molecule has 0 atom stereocenters. The van der Waals surface area contributed by atoms with Crippen molar-refractivity contribution in [2.24, 2.45) is 0 Å². The number of carbonyl (C=O) groups is 1. The van der Waals surface area contributed by atoms with Crippen molar-refractivity contribution < 1.29 is 18.3 Å². The highest BCUT2D eigenvalue weighted by Crippen LogP contribution is 2.29. The molecule has 0 aliphatic carbocycles. The molecule has 0 aliphatic rings. The van der Waals surface area contributed by atoms with Crippen LogP contribution in [-0.2, 0) is 14.8 Å². The highest BCUT2D eigenvalue weighted by molar-refractivity contribution is 7.89. The lowest BCUT2D eigenvalue weighted by atomic mass is 10.0. The summed E-state index contributed by atoms with van der Waals surface area (Å²) in [4.78, 5) is 11.2. The molecule has 1 aromatic rings. The van der Waals surface area contributed by atoms with Gasteiger partial charge in [-0.05, 0) is 63.8 Å². The molecule has 0 fully saturated rings. The van der Waals surface area contributed by atoms with Crippen LogP contribution in [0.3, 0.4) is 0 Å². The van der Waals surface area contributed by atoms with Crippen molar-refractivity contribution in [3.8, 4) is 0 Å². The second kappa shape index (κ2) is 6.15. The maximum atomic E-state index is 12.9. The average molecular weight is 313 g/mol. The molecule has 0 saturated heterocycles. The number of carboxylic acids is 1. The topological polar surface area (TPSA) is 74.7 Å². The van der Waals surface area contributed by atoms with Gasteiger partial charge in [-0.1, -0.05) is 6.07 Å². The molecule has 21 heavy (non-hydrogen) atoms. The molecule has 1 N–H and O–H groups in total. The van der Waals surface area contributed by atoms with Gasteiger partial charge >= 0.3 is 5.97 Å². The van der Waals surface area contributed by atoms with Crippen LogP contribution in [0, 0.1) is 27.7 Å². The zero-order valence-electron chi connectivity index (χ0n) is 13.4. The van der Waals surface area contributed by atoms with E-state index in [-0.39, 0.29) is 4.90 Å². The summed E-state index contributed by atoms with van der Waals surface area (Å²) in [5.74, 6) is -1.16. The van der Waals surface area contributed by atoms with Crippen LogP contribution in [0.2, 0.25) is 0 Å². The molecule has 5 nitrogen and oxygen atoms in total. The van der Waals surface area contributed by atoms with Crippen LogP contribution in [-0.4, -0.2) is 36.4 Å². The van der Waals surface area contributed by atoms with Gasteiger partial charge < -0.3 is 5.11 Å². The van der Waals surface area contributed by atoms with Crippen molar-refractivity contribution in [1.82, 2.24) is 4.31 Å². The average Bonchev–Trinajstić information content (AvgIpc) is 2.33. The molecule has 6 heteroatoms. The first-order valence-corrected chi connectivity index (χ1v) is 8.25. The predicted octanol–water partition coefficient (Wildman–Crippen LogP) is 2.40. The van der Waals surface area contributed by atoms with Crippen molar-refractivity contribution in [3.63, 3.8) is 0 Å². The fourth-order valence-corrected chi connectivity index (χ4v) is 4.53. The molecule has 1 aromatic carbocycles. The Kier molecular flexibility index (Phi) is 5.17. The summed E-state index contributed by atoms with van der Waals surface area (Å²) in [6, 6.07) is 1.52. The Bertz CT molecular complexity index is 636. The summed E-state index contributed by atoms with van der Waals surface area (Å²) < 4.78 is 26.9. The predicted molar refractivity (Wildman–Crippen MR) is 82.1 cm³/mol. The second-order valence-electron chi connectivity index (χ2n) is 5.63. The number of aryl methyl sites for hydroxylation is 2. The third-order valence-corrected chi connectivity index (χ3v) is 6.03. The Morgan fingerprint density at radius 2 is 1.57 bits per heavy atom. The van der Waals surface area contributed by atoms with Crippen molar-refractivity contribution in [1.29, 1.82) is 0 Å². The largest absolute Gasteiger partial charge is 0.480 e. The van der Waals surface area contributed by atoms with E-state index in [2.05, 4.69) is 0 Å². The minimum absolute atomic E-state index is 0.231. The standard InChI is InChI=1S/C15H23NO4S/c1-9(2)16(8-14(17)18)21(19,20)15-12(5)10(3)7-11(4)13(15)6/h7,9H,8H2,1-6H3,(H,17,18). The van der Waals surface area contributed by atoms with Gasteiger partial charge in [0.15, 0.2) is 0 Å². The summed E-state index contributed by atoms with van der Waals surface area (Å²) in [5, 5.41) is 8.98. The van der Waals surface area contributed by atoms with Gasteiger partial charge in [-0.2, -0.15) is 4.31 Å². The van der Waals surface area contributed by atoms with Gasteiger partial charge in [0.25, 0.3) is 0 Å². The van der Waals surface area contributed by atoms with Gasteiger partial charge in [-0.15, -0.1) is 0 Å². The molecule has 0 aliphatic heterocycles. The van der Waals surface area contributed by atoms with Crippen LogP contribution in [0.4, 0.5) is 0 Å². The number of hydrogen-bond donors (Lipinski definition) is 1. The van der Waals surface area contributed by atoms with Gasteiger partial charge in [0.2, 0.25) is 10.0 Å². The molecule has 1 rings (SSSR count). The van der Waals surface area contributed by atoms with Gasteiger partial charge in [-0.3, -0.25) is 4.79 Å². The quantitative estimate of drug-likeness (QED) is 0.906. The number of aliphatic carboxylic acids is 1. The molecule has 0 heterocycles. The molecular formula is C15H23NO4S. The van der Waals surface area contributed by atoms with E-state index in [9.17, 15) is 13.2 Å². The lowest BCUT2D eigenvalue weighted by Crippen LogP contribution is -2.41. The number of hydrogen-bond acceptors (Lipinski definition) is 3. The van der Waals surface area contributed by atoms with E-state index in [1.807, 2.05) is 19.9 Å². The van der Waals surface area contributed by atoms with E-state index in [0.717, 1.165) is 15.4 Å². The zero-order valence-corrected chi connectivity index (χ0v) is 14.2. The Labute approximate surface area is 126 Å². The molecule has 0 saturated carbocycles. The van der Waals surface area contributed by atoms with Gasteiger partial charge in [0.05, 0.1) is 4.90 Å². The molecule has 0 unspecified atom stereocenters. The third kappa shape index (κ3) is 3.44. The maximum absolute atomic E-state index is 12.9. The summed E-state index contributed by atoms with van der Waals surface area (Å²) in [7, 11) is -3.85. The molecule has 0 bridgehead atoms. The number of nitrogens with zero attached hydrogens (tertiary/aromatic N) is 1. The van der Waals surface area contributed by atoms with Crippen LogP contribution in [0.25, 0.3) is 0 Å². The van der Waals surface area contributed by atoms with Crippen LogP contribution in [0.1, 0.15) is 36.1 Å². The first-order chi connectivity index (χ1) is 9.50. The van der Waals surface area contributed by atoms with Gasteiger partial charge in [-0.25, -0.2) is 8.42 Å². The van der Waals surface area contributed by atoms with Gasteiger partial charge in [0.1, 0.15) is 6.54 Å². The Balaban J connectivity index is 3.60. The number of carboxylic acid groups (broad SMARTS) is 1. The number of benzene rings is 1. The molecule has 0 aromatic heterocycles. The SMILES string of the molecule is Cc1cc(C)c(C)c(S(=O)(=O)N(CC(=O)O)C(C)C)c1C. The van der Waals surface area contributed by atoms with Crippen LogP contribution in [0.5, 0.6) is 0 Å². The lowest BCUT2D eigenvalue weighted by Gasteiger charge is -2.27. The minimum atomic E-state index is -3.85. The highest BCUT2D eigenvalue weighted by atomic mass is 32.2. The van der Waals surface area contributed by atoms with Gasteiger partial charge in [0, 0.05) is 6.04 Å². The maximum Gasteiger partial charge on any atom is 0.318 e. The van der Waals surface area contributed by atoms with Crippen LogP contribution >= 0.6 is 0 Å². The van der Waals surface area contributed by atoms with Crippen molar-refractivity contribution >= 4 is 16.0 Å². The fraction of sp³-hybridized carbons (Fsp3) is 0.533. The summed E-state index contributed by atoms with van der Waals surface area (Å²) >= 11 is 0. The van der Waals surface area contributed by atoms with E-state index in [0.29, 0.717) is 11.1 Å². The van der Waals surface area contributed by atoms with E-state index in [1.54, 1.807) is 27.7 Å². The van der Waals surface area contributed by atoms with Crippen LogP contribution < -0.4 is 0 Å². The lowest BCUT2D eigenvalue weighted by molar-refractivity contribution is -0.137. The van der Waals surface area contributed by atoms with Crippen molar-refractivity contribution in [2.75, 3.05) is 6.54 Å². The number of sulfonamides is 1. The second-order valence-corrected chi connectivity index (χ2v) is 7.45. The highest BCUT2D eigenvalue weighted by Gasteiger charge is 2.32. The third-order valence-electron chi connectivity index (χ3n) is 3.73.